The number of amides is 3. The number of para-hydroxylation sites is 2. The SMILES string of the molecule is COc1ccccc1NC(=O)N1CCC(CC(=O)Nc2ccc3cc2CCc2cncc(c2)Nc2ncc(Cl)c(n2)N3)CC1. The summed E-state index contributed by atoms with van der Waals surface area (Å²) >= 11 is 6.39. The van der Waals surface area contributed by atoms with Crippen molar-refractivity contribution in [2.45, 2.75) is 32.1 Å². The molecule has 4 N–H and O–H groups in total. The Morgan fingerprint density at radius 3 is 2.66 bits per heavy atom. The number of hydrogen-bond acceptors (Lipinski definition) is 8. The van der Waals surface area contributed by atoms with Crippen LogP contribution < -0.4 is 26.0 Å². The highest BCUT2D eigenvalue weighted by molar-refractivity contribution is 6.32. The van der Waals surface area contributed by atoms with E-state index in [0.717, 1.165) is 47.5 Å². The topological polar surface area (TPSA) is 133 Å². The molecule has 2 aliphatic heterocycles. The minimum atomic E-state index is -0.165. The van der Waals surface area contributed by atoms with E-state index >= 15 is 0 Å². The number of aryl methyl sites for hydroxylation is 2. The van der Waals surface area contributed by atoms with Gasteiger partial charge in [0.1, 0.15) is 10.8 Å². The van der Waals surface area contributed by atoms with Gasteiger partial charge < -0.3 is 30.9 Å². The number of likely N-dealkylation sites (tertiary alicyclic amines) is 1. The van der Waals surface area contributed by atoms with Crippen LogP contribution in [0.4, 0.5) is 39.3 Å². The number of ether oxygens (including phenoxy) is 1. The molecule has 12 heteroatoms. The molecule has 0 atom stereocenters. The fourth-order valence-electron chi connectivity index (χ4n) is 5.50. The molecule has 4 heterocycles. The zero-order chi connectivity index (χ0) is 30.5. The highest BCUT2D eigenvalue weighted by Crippen LogP contribution is 2.30. The number of halogens is 1. The molecule has 6 rings (SSSR count). The lowest BCUT2D eigenvalue weighted by Crippen LogP contribution is -2.41. The van der Waals surface area contributed by atoms with Crippen LogP contribution in [0, 0.1) is 5.92 Å². The Morgan fingerprint density at radius 2 is 1.82 bits per heavy atom. The molecule has 3 amide bonds. The van der Waals surface area contributed by atoms with Crippen LogP contribution in [0.25, 0.3) is 0 Å². The van der Waals surface area contributed by atoms with Crippen LogP contribution >= 0.6 is 11.6 Å². The number of hydrogen-bond donors (Lipinski definition) is 4. The van der Waals surface area contributed by atoms with Crippen LogP contribution in [-0.2, 0) is 17.6 Å². The summed E-state index contributed by atoms with van der Waals surface area (Å²) in [6.45, 7) is 1.17. The Morgan fingerprint density at radius 1 is 0.977 bits per heavy atom. The first-order chi connectivity index (χ1) is 21.4. The van der Waals surface area contributed by atoms with Crippen LogP contribution in [0.15, 0.2) is 67.1 Å². The van der Waals surface area contributed by atoms with Gasteiger partial charge in [0.05, 0.1) is 30.9 Å². The fraction of sp³-hybridized carbons (Fsp3) is 0.281. The molecule has 0 saturated carbocycles. The Labute approximate surface area is 260 Å². The molecular weight excluding hydrogens is 580 g/mol. The molecule has 11 nitrogen and oxygen atoms in total. The maximum atomic E-state index is 13.2. The van der Waals surface area contributed by atoms with Gasteiger partial charge in [-0.25, -0.2) is 9.78 Å². The number of carbonyl (C=O) groups is 2. The smallest absolute Gasteiger partial charge is 0.321 e. The molecule has 226 valence electrons. The predicted molar refractivity (Wildman–Crippen MR) is 171 cm³/mol. The Balaban J connectivity index is 1.10. The van der Waals surface area contributed by atoms with Crippen molar-refractivity contribution >= 4 is 58.1 Å². The second kappa shape index (κ2) is 13.2. The van der Waals surface area contributed by atoms with E-state index < -0.39 is 0 Å². The second-order valence-electron chi connectivity index (χ2n) is 10.9. The van der Waals surface area contributed by atoms with Gasteiger partial charge in [-0.05, 0) is 79.1 Å². The lowest BCUT2D eigenvalue weighted by molar-refractivity contribution is -0.117. The van der Waals surface area contributed by atoms with E-state index in [1.807, 2.05) is 54.7 Å². The molecule has 1 saturated heterocycles. The summed E-state index contributed by atoms with van der Waals surface area (Å²) in [7, 11) is 1.58. The number of methoxy groups -OCH3 is 1. The number of piperidine rings is 1. The fourth-order valence-corrected chi connectivity index (χ4v) is 5.64. The number of benzene rings is 2. The van der Waals surface area contributed by atoms with Gasteiger partial charge in [0, 0.05) is 37.1 Å². The van der Waals surface area contributed by atoms with Crippen molar-refractivity contribution in [1.82, 2.24) is 19.9 Å². The highest BCUT2D eigenvalue weighted by Gasteiger charge is 2.25. The standard InChI is InChI=1S/C32H33ClN8O3/c1-44-28-5-3-2-4-27(28)39-32(43)41-12-10-20(11-13-41)15-29(42)38-26-9-8-23-16-22(26)7-6-21-14-24(18-34-17-21)37-31-35-19-25(33)30(36-23)40-31/h2-5,8-9,14,16-20H,6-7,10-13,15H2,1H3,(H,38,42)(H,39,43)(H2,35,36,37,40). The van der Waals surface area contributed by atoms with E-state index in [9.17, 15) is 9.59 Å². The van der Waals surface area contributed by atoms with Gasteiger partial charge in [-0.15, -0.1) is 0 Å². The molecule has 2 aromatic carbocycles. The molecule has 0 unspecified atom stereocenters. The normalized spacial score (nSPS) is 14.5. The third-order valence-corrected chi connectivity index (χ3v) is 8.12. The summed E-state index contributed by atoms with van der Waals surface area (Å²) in [6.07, 6.45) is 8.40. The molecule has 0 radical (unpaired) electrons. The van der Waals surface area contributed by atoms with Gasteiger partial charge in [-0.3, -0.25) is 9.78 Å². The molecular formula is C32H33ClN8O3. The zero-order valence-corrected chi connectivity index (χ0v) is 25.0. The molecule has 44 heavy (non-hydrogen) atoms. The number of carbonyl (C=O) groups excluding carboxylic acids is 2. The van der Waals surface area contributed by atoms with E-state index in [4.69, 9.17) is 16.3 Å². The van der Waals surface area contributed by atoms with Crippen LogP contribution in [0.5, 0.6) is 5.75 Å². The van der Waals surface area contributed by atoms with Crippen molar-refractivity contribution in [3.05, 3.63) is 83.3 Å². The highest BCUT2D eigenvalue weighted by atomic mass is 35.5. The van der Waals surface area contributed by atoms with E-state index in [1.54, 1.807) is 24.4 Å². The minimum Gasteiger partial charge on any atom is -0.495 e. The minimum absolute atomic E-state index is 0.0434. The molecule has 2 aromatic heterocycles. The first kappa shape index (κ1) is 29.2. The summed E-state index contributed by atoms with van der Waals surface area (Å²) < 4.78 is 5.34. The molecule has 4 aromatic rings. The van der Waals surface area contributed by atoms with E-state index in [1.165, 1.54) is 0 Å². The summed E-state index contributed by atoms with van der Waals surface area (Å²) in [5.74, 6) is 1.63. The average Bonchev–Trinajstić information content (AvgIpc) is 3.03. The molecule has 0 spiro atoms. The number of rotatable bonds is 5. The average molecular weight is 613 g/mol. The van der Waals surface area contributed by atoms with Gasteiger partial charge in [-0.2, -0.15) is 4.98 Å². The lowest BCUT2D eigenvalue weighted by Gasteiger charge is -2.32. The summed E-state index contributed by atoms with van der Waals surface area (Å²) in [5, 5.41) is 12.9. The number of nitrogens with zero attached hydrogens (tertiary/aromatic N) is 4. The maximum absolute atomic E-state index is 13.2. The second-order valence-corrected chi connectivity index (χ2v) is 11.3. The van der Waals surface area contributed by atoms with Crippen molar-refractivity contribution < 1.29 is 14.3 Å². The number of urea groups is 1. The monoisotopic (exact) mass is 612 g/mol. The number of fused-ring (bicyclic) bond motifs is 6. The number of aromatic nitrogens is 3. The van der Waals surface area contributed by atoms with Gasteiger partial charge in [-0.1, -0.05) is 23.7 Å². The van der Waals surface area contributed by atoms with Crippen molar-refractivity contribution in [1.29, 1.82) is 0 Å². The molecule has 2 aliphatic rings. The number of pyridine rings is 1. The molecule has 1 fully saturated rings. The molecule has 6 bridgehead atoms. The van der Waals surface area contributed by atoms with E-state index in [2.05, 4.69) is 36.2 Å². The first-order valence-electron chi connectivity index (χ1n) is 14.6. The Kier molecular flexibility index (Phi) is 8.74. The number of nitrogens with one attached hydrogen (secondary N) is 4. The van der Waals surface area contributed by atoms with Gasteiger partial charge in [0.15, 0.2) is 5.82 Å². The van der Waals surface area contributed by atoms with E-state index in [-0.39, 0.29) is 17.9 Å². The van der Waals surface area contributed by atoms with E-state index in [0.29, 0.717) is 54.2 Å². The quantitative estimate of drug-likeness (QED) is 0.204. The van der Waals surface area contributed by atoms with Crippen molar-refractivity contribution in [2.24, 2.45) is 5.92 Å². The first-order valence-corrected chi connectivity index (χ1v) is 14.9. The van der Waals surface area contributed by atoms with Gasteiger partial charge >= 0.3 is 6.03 Å². The summed E-state index contributed by atoms with van der Waals surface area (Å²) in [6, 6.07) is 15.0. The van der Waals surface area contributed by atoms with Crippen LogP contribution in [0.3, 0.4) is 0 Å². The largest absolute Gasteiger partial charge is 0.495 e. The summed E-state index contributed by atoms with van der Waals surface area (Å²) in [4.78, 5) is 41.0. The lowest BCUT2D eigenvalue weighted by atomic mass is 9.93. The predicted octanol–water partition coefficient (Wildman–Crippen LogP) is 6.39. The van der Waals surface area contributed by atoms with Crippen LogP contribution in [-0.4, -0.2) is 52.0 Å². The Bertz CT molecular complexity index is 1680. The maximum Gasteiger partial charge on any atom is 0.321 e. The Hall–Kier alpha value is -4.90. The van der Waals surface area contributed by atoms with Crippen molar-refractivity contribution in [3.63, 3.8) is 0 Å². The third kappa shape index (κ3) is 7.00. The van der Waals surface area contributed by atoms with Crippen LogP contribution in [0.2, 0.25) is 5.02 Å². The summed E-state index contributed by atoms with van der Waals surface area (Å²) in [5.41, 5.74) is 5.00. The van der Waals surface area contributed by atoms with Gasteiger partial charge in [0.2, 0.25) is 11.9 Å². The number of anilines is 6. The molecule has 0 aliphatic carbocycles. The van der Waals surface area contributed by atoms with Gasteiger partial charge in [0.25, 0.3) is 0 Å². The van der Waals surface area contributed by atoms with Crippen molar-refractivity contribution in [3.8, 4) is 5.75 Å². The zero-order valence-electron chi connectivity index (χ0n) is 24.3. The van der Waals surface area contributed by atoms with Crippen molar-refractivity contribution in [2.75, 3.05) is 41.5 Å². The third-order valence-electron chi connectivity index (χ3n) is 7.84. The van der Waals surface area contributed by atoms with Crippen LogP contribution in [0.1, 0.15) is 30.4 Å².